The number of hydrogen-bond donors (Lipinski definition) is 3. The number of carbonyl (C=O) groups is 1. The second-order valence-electron chi connectivity index (χ2n) is 3.25. The monoisotopic (exact) mass is 208 g/mol. The molecule has 0 aliphatic heterocycles. The molecule has 0 spiro atoms. The summed E-state index contributed by atoms with van der Waals surface area (Å²) >= 11 is 0. The van der Waals surface area contributed by atoms with Crippen molar-refractivity contribution in [3.63, 3.8) is 0 Å². The third-order valence-electron chi connectivity index (χ3n) is 0.706. The van der Waals surface area contributed by atoms with E-state index in [1.165, 1.54) is 0 Å². The Morgan fingerprint density at radius 3 is 1.43 bits per heavy atom. The zero-order valence-electron chi connectivity index (χ0n) is 9.82. The van der Waals surface area contributed by atoms with E-state index < -0.39 is 5.97 Å². The molecule has 14 heavy (non-hydrogen) atoms. The minimum atomic E-state index is -0.833. The highest BCUT2D eigenvalue weighted by Crippen LogP contribution is 1.91. The van der Waals surface area contributed by atoms with Crippen molar-refractivity contribution in [2.45, 2.75) is 59.7 Å². The van der Waals surface area contributed by atoms with Gasteiger partial charge in [0.25, 0.3) is 5.97 Å². The first kappa shape index (κ1) is 19.0. The molecule has 4 heteroatoms. The van der Waals surface area contributed by atoms with Crippen LogP contribution in [0, 0.1) is 0 Å². The van der Waals surface area contributed by atoms with E-state index in [1.54, 1.807) is 13.8 Å². The maximum Gasteiger partial charge on any atom is 0.300 e. The first-order chi connectivity index (χ1) is 6.23. The lowest BCUT2D eigenvalue weighted by Crippen LogP contribution is -1.95. The molecule has 0 aromatic rings. The van der Waals surface area contributed by atoms with E-state index in [0.717, 1.165) is 19.8 Å². The van der Waals surface area contributed by atoms with Crippen LogP contribution in [0.1, 0.15) is 47.5 Å². The summed E-state index contributed by atoms with van der Waals surface area (Å²) < 4.78 is 0. The van der Waals surface area contributed by atoms with E-state index in [1.807, 2.05) is 6.92 Å². The van der Waals surface area contributed by atoms with Crippen LogP contribution in [0.2, 0.25) is 0 Å². The van der Waals surface area contributed by atoms with Gasteiger partial charge in [0, 0.05) is 13.0 Å². The van der Waals surface area contributed by atoms with Gasteiger partial charge >= 0.3 is 0 Å². The Morgan fingerprint density at radius 2 is 1.43 bits per heavy atom. The molecule has 0 bridgehead atoms. The van der Waals surface area contributed by atoms with Crippen LogP contribution >= 0.6 is 0 Å². The van der Waals surface area contributed by atoms with Crippen molar-refractivity contribution in [3.8, 4) is 0 Å². The molecule has 0 rings (SSSR count). The highest BCUT2D eigenvalue weighted by molar-refractivity contribution is 5.62. The highest BCUT2D eigenvalue weighted by Gasteiger charge is 1.87. The van der Waals surface area contributed by atoms with Crippen molar-refractivity contribution >= 4 is 5.97 Å². The fourth-order valence-electron chi connectivity index (χ4n) is 0.418. The first-order valence-electron chi connectivity index (χ1n) is 4.79. The van der Waals surface area contributed by atoms with Gasteiger partial charge in [0.1, 0.15) is 0 Å². The van der Waals surface area contributed by atoms with Gasteiger partial charge in [-0.3, -0.25) is 4.79 Å². The molecular weight excluding hydrogens is 184 g/mol. The van der Waals surface area contributed by atoms with Crippen LogP contribution in [0.3, 0.4) is 0 Å². The zero-order valence-corrected chi connectivity index (χ0v) is 9.82. The topological polar surface area (TPSA) is 77.8 Å². The van der Waals surface area contributed by atoms with Crippen LogP contribution in [0.5, 0.6) is 0 Å². The van der Waals surface area contributed by atoms with Gasteiger partial charge in [-0.1, -0.05) is 13.3 Å². The van der Waals surface area contributed by atoms with Crippen molar-refractivity contribution in [1.29, 1.82) is 0 Å². The Bertz CT molecular complexity index is 104. The average Bonchev–Trinajstić information content (AvgIpc) is 1.82. The fourth-order valence-corrected chi connectivity index (χ4v) is 0.418. The predicted octanol–water partition coefficient (Wildman–Crippen LogP) is 1.65. The van der Waals surface area contributed by atoms with Crippen LogP contribution in [-0.4, -0.2) is 33.5 Å². The van der Waals surface area contributed by atoms with E-state index in [2.05, 4.69) is 6.92 Å². The first-order valence-corrected chi connectivity index (χ1v) is 4.79. The quantitative estimate of drug-likeness (QED) is 0.644. The maximum atomic E-state index is 9.00. The van der Waals surface area contributed by atoms with Crippen molar-refractivity contribution in [1.82, 2.24) is 0 Å². The zero-order chi connectivity index (χ0) is 12.1. The van der Waals surface area contributed by atoms with Gasteiger partial charge in [0.15, 0.2) is 0 Å². The molecule has 3 N–H and O–H groups in total. The Hall–Kier alpha value is -0.610. The number of aliphatic carboxylic acids is 1. The molecule has 0 aliphatic carbocycles. The molecule has 0 saturated heterocycles. The summed E-state index contributed by atoms with van der Waals surface area (Å²) in [5.41, 5.74) is 0. The van der Waals surface area contributed by atoms with Gasteiger partial charge in [-0.2, -0.15) is 0 Å². The Balaban J connectivity index is -0.000000135. The molecule has 0 aromatic carbocycles. The summed E-state index contributed by atoms with van der Waals surface area (Å²) in [5, 5.41) is 24.0. The third kappa shape index (κ3) is 215. The Labute approximate surface area is 86.6 Å². The van der Waals surface area contributed by atoms with Crippen molar-refractivity contribution in [2.75, 3.05) is 0 Å². The molecule has 1 atom stereocenters. The number of aliphatic hydroxyl groups excluding tert-OH is 2. The summed E-state index contributed by atoms with van der Waals surface area (Å²) in [4.78, 5) is 9.00. The predicted molar refractivity (Wildman–Crippen MR) is 57.3 cm³/mol. The minimum absolute atomic E-state index is 0.102. The molecule has 0 aromatic heterocycles. The molecule has 0 heterocycles. The SMILES string of the molecule is CC(=O)O.CC(C)O.CCCC(C)O. The smallest absolute Gasteiger partial charge is 0.300 e. The number of carboxylic acid groups (broad SMARTS) is 1. The molecule has 0 radical (unpaired) electrons. The Kier molecular flexibility index (Phi) is 20.3. The van der Waals surface area contributed by atoms with E-state index in [4.69, 9.17) is 20.1 Å². The van der Waals surface area contributed by atoms with E-state index in [-0.39, 0.29) is 12.2 Å². The molecule has 88 valence electrons. The molecular formula is C10H24O4. The van der Waals surface area contributed by atoms with Gasteiger partial charge in [0.2, 0.25) is 0 Å². The fraction of sp³-hybridized carbons (Fsp3) is 0.900. The Morgan fingerprint density at radius 1 is 1.21 bits per heavy atom. The van der Waals surface area contributed by atoms with Gasteiger partial charge in [-0.05, 0) is 27.2 Å². The number of aliphatic hydroxyl groups is 2. The highest BCUT2D eigenvalue weighted by atomic mass is 16.4. The van der Waals surface area contributed by atoms with Gasteiger partial charge in [-0.15, -0.1) is 0 Å². The summed E-state index contributed by atoms with van der Waals surface area (Å²) in [7, 11) is 0. The molecule has 0 fully saturated rings. The van der Waals surface area contributed by atoms with Gasteiger partial charge < -0.3 is 15.3 Å². The standard InChI is InChI=1S/C5H12O.C3H8O.C2H4O2/c1-3-4-5(2)6;1-3(2)4;1-2(3)4/h5-6H,3-4H2,1-2H3;3-4H,1-2H3;1H3,(H,3,4). The molecule has 0 saturated carbocycles. The summed E-state index contributed by atoms with van der Waals surface area (Å²) in [6.45, 7) is 8.40. The minimum Gasteiger partial charge on any atom is -0.481 e. The van der Waals surface area contributed by atoms with Crippen molar-refractivity contribution in [2.24, 2.45) is 0 Å². The summed E-state index contributed by atoms with van der Waals surface area (Å²) in [6, 6.07) is 0. The van der Waals surface area contributed by atoms with E-state index in [0.29, 0.717) is 0 Å². The normalized spacial score (nSPS) is 10.6. The van der Waals surface area contributed by atoms with Crippen LogP contribution < -0.4 is 0 Å². The van der Waals surface area contributed by atoms with Gasteiger partial charge in [-0.25, -0.2) is 0 Å². The summed E-state index contributed by atoms with van der Waals surface area (Å²) in [6.07, 6.45) is 1.74. The number of rotatable bonds is 2. The largest absolute Gasteiger partial charge is 0.481 e. The van der Waals surface area contributed by atoms with Crippen LogP contribution in [0.25, 0.3) is 0 Å². The average molecular weight is 208 g/mol. The van der Waals surface area contributed by atoms with Crippen molar-refractivity contribution < 1.29 is 20.1 Å². The third-order valence-corrected chi connectivity index (χ3v) is 0.706. The lowest BCUT2D eigenvalue weighted by Gasteiger charge is -1.95. The molecule has 4 nitrogen and oxygen atoms in total. The van der Waals surface area contributed by atoms with E-state index in [9.17, 15) is 0 Å². The second kappa shape index (κ2) is 14.9. The number of hydrogen-bond acceptors (Lipinski definition) is 3. The lowest BCUT2D eigenvalue weighted by atomic mass is 10.2. The van der Waals surface area contributed by atoms with E-state index >= 15 is 0 Å². The van der Waals surface area contributed by atoms with Crippen LogP contribution in [-0.2, 0) is 4.79 Å². The van der Waals surface area contributed by atoms with Crippen LogP contribution in [0.15, 0.2) is 0 Å². The molecule has 0 aliphatic rings. The van der Waals surface area contributed by atoms with Gasteiger partial charge in [0.05, 0.1) is 6.10 Å². The summed E-state index contributed by atoms with van der Waals surface area (Å²) in [5.74, 6) is -0.833. The maximum absolute atomic E-state index is 9.00. The van der Waals surface area contributed by atoms with Crippen molar-refractivity contribution in [3.05, 3.63) is 0 Å². The second-order valence-corrected chi connectivity index (χ2v) is 3.25. The number of carboxylic acids is 1. The molecule has 0 amide bonds. The lowest BCUT2D eigenvalue weighted by molar-refractivity contribution is -0.134. The molecule has 1 unspecified atom stereocenters. The van der Waals surface area contributed by atoms with Crippen LogP contribution in [0.4, 0.5) is 0 Å².